The Morgan fingerprint density at radius 1 is 1.25 bits per heavy atom. The molecule has 1 heterocycles. The molecule has 0 saturated carbocycles. The smallest absolute Gasteiger partial charge is 0.131 e. The zero-order valence-electron chi connectivity index (χ0n) is 14.4. The van der Waals surface area contributed by atoms with Crippen LogP contribution in [0.4, 0.5) is 5.82 Å². The molecule has 0 saturated heterocycles. The van der Waals surface area contributed by atoms with Crippen LogP contribution >= 0.6 is 0 Å². The molecule has 0 fully saturated rings. The first-order valence-electron chi connectivity index (χ1n) is 7.75. The number of unbranched alkanes of at least 4 members (excludes halogenated alkanes) is 2. The van der Waals surface area contributed by atoms with Gasteiger partial charge >= 0.3 is 0 Å². The first-order valence-corrected chi connectivity index (χ1v) is 7.75. The van der Waals surface area contributed by atoms with Gasteiger partial charge in [-0.05, 0) is 34.1 Å². The normalized spacial score (nSPS) is 11.9. The van der Waals surface area contributed by atoms with Crippen molar-refractivity contribution in [2.24, 2.45) is 7.05 Å². The van der Waals surface area contributed by atoms with Crippen molar-refractivity contribution < 1.29 is 0 Å². The molecule has 0 aromatic carbocycles. The quantitative estimate of drug-likeness (QED) is 0.778. The third-order valence-corrected chi connectivity index (χ3v) is 3.57. The third kappa shape index (κ3) is 4.82. The van der Waals surface area contributed by atoms with Gasteiger partial charge in [-0.15, -0.1) is 0 Å². The van der Waals surface area contributed by atoms with E-state index >= 15 is 0 Å². The molecule has 1 aromatic heterocycles. The van der Waals surface area contributed by atoms with Crippen molar-refractivity contribution in [3.63, 3.8) is 0 Å². The van der Waals surface area contributed by atoms with Gasteiger partial charge in [0.1, 0.15) is 5.82 Å². The van der Waals surface area contributed by atoms with Gasteiger partial charge < -0.3 is 10.2 Å². The first-order chi connectivity index (χ1) is 9.26. The second-order valence-electron chi connectivity index (χ2n) is 6.74. The van der Waals surface area contributed by atoms with Gasteiger partial charge in [-0.1, -0.05) is 19.8 Å². The fourth-order valence-electron chi connectivity index (χ4n) is 2.43. The van der Waals surface area contributed by atoms with E-state index in [0.29, 0.717) is 0 Å². The van der Waals surface area contributed by atoms with Crippen LogP contribution in [0.2, 0.25) is 0 Å². The van der Waals surface area contributed by atoms with Gasteiger partial charge in [0.2, 0.25) is 0 Å². The number of anilines is 1. The minimum atomic E-state index is 0.125. The Morgan fingerprint density at radius 3 is 2.45 bits per heavy atom. The van der Waals surface area contributed by atoms with Gasteiger partial charge in [0, 0.05) is 38.3 Å². The Hall–Kier alpha value is -1.03. The largest absolute Gasteiger partial charge is 0.360 e. The minimum absolute atomic E-state index is 0.125. The summed E-state index contributed by atoms with van der Waals surface area (Å²) in [6.45, 7) is 12.9. The number of hydrogen-bond donors (Lipinski definition) is 1. The Bertz CT molecular complexity index is 415. The van der Waals surface area contributed by atoms with Gasteiger partial charge in [-0.2, -0.15) is 5.10 Å². The molecular weight excluding hydrogens is 248 g/mol. The van der Waals surface area contributed by atoms with Crippen LogP contribution in [-0.4, -0.2) is 28.9 Å². The SMILES string of the molecule is CCCCCN(C)c1c(CNC(C)(C)C)c(C)nn1C. The molecule has 0 unspecified atom stereocenters. The number of nitrogens with one attached hydrogen (secondary N) is 1. The van der Waals surface area contributed by atoms with E-state index in [4.69, 9.17) is 0 Å². The second kappa shape index (κ2) is 7.11. The average molecular weight is 280 g/mol. The standard InChI is InChI=1S/C16H32N4/c1-8-9-10-11-19(6)15-14(12-17-16(3,4)5)13(2)18-20(15)7/h17H,8-12H2,1-7H3. The fourth-order valence-corrected chi connectivity index (χ4v) is 2.43. The number of nitrogens with zero attached hydrogens (tertiary/aromatic N) is 3. The molecule has 0 amide bonds. The molecule has 0 aliphatic rings. The van der Waals surface area contributed by atoms with Crippen LogP contribution < -0.4 is 10.2 Å². The second-order valence-corrected chi connectivity index (χ2v) is 6.74. The zero-order valence-corrected chi connectivity index (χ0v) is 14.4. The lowest BCUT2D eigenvalue weighted by Gasteiger charge is -2.24. The van der Waals surface area contributed by atoms with Crippen LogP contribution in [0.5, 0.6) is 0 Å². The topological polar surface area (TPSA) is 33.1 Å². The van der Waals surface area contributed by atoms with Crippen LogP contribution in [-0.2, 0) is 13.6 Å². The van der Waals surface area contributed by atoms with E-state index in [2.05, 4.69) is 57.0 Å². The highest BCUT2D eigenvalue weighted by Crippen LogP contribution is 2.23. The Labute approximate surface area is 124 Å². The molecule has 0 aliphatic heterocycles. The molecule has 0 bridgehead atoms. The van der Waals surface area contributed by atoms with Gasteiger partial charge in [0.25, 0.3) is 0 Å². The van der Waals surface area contributed by atoms with Crippen LogP contribution in [0.1, 0.15) is 58.2 Å². The van der Waals surface area contributed by atoms with Crippen molar-refractivity contribution in [1.82, 2.24) is 15.1 Å². The fraction of sp³-hybridized carbons (Fsp3) is 0.812. The van der Waals surface area contributed by atoms with Crippen molar-refractivity contribution in [3.05, 3.63) is 11.3 Å². The Kier molecular flexibility index (Phi) is 6.06. The van der Waals surface area contributed by atoms with Crippen molar-refractivity contribution in [2.75, 3.05) is 18.5 Å². The Balaban J connectivity index is 2.83. The summed E-state index contributed by atoms with van der Waals surface area (Å²) < 4.78 is 2.01. The molecule has 4 nitrogen and oxygen atoms in total. The van der Waals surface area contributed by atoms with Crippen molar-refractivity contribution in [3.8, 4) is 0 Å². The lowest BCUT2D eigenvalue weighted by molar-refractivity contribution is 0.423. The van der Waals surface area contributed by atoms with E-state index in [1.54, 1.807) is 0 Å². The summed E-state index contributed by atoms with van der Waals surface area (Å²) in [6, 6.07) is 0. The zero-order chi connectivity index (χ0) is 15.3. The van der Waals surface area contributed by atoms with Crippen molar-refractivity contribution in [2.45, 2.75) is 66.0 Å². The summed E-state index contributed by atoms with van der Waals surface area (Å²) >= 11 is 0. The van der Waals surface area contributed by atoms with E-state index in [-0.39, 0.29) is 5.54 Å². The summed E-state index contributed by atoms with van der Waals surface area (Å²) in [5.41, 5.74) is 2.57. The van der Waals surface area contributed by atoms with E-state index < -0.39 is 0 Å². The highest BCUT2D eigenvalue weighted by atomic mass is 15.4. The molecule has 4 heteroatoms. The average Bonchev–Trinajstić information content (AvgIpc) is 2.60. The summed E-state index contributed by atoms with van der Waals surface area (Å²) in [6.07, 6.45) is 3.79. The summed E-state index contributed by atoms with van der Waals surface area (Å²) in [5, 5.41) is 8.17. The molecule has 0 atom stereocenters. The highest BCUT2D eigenvalue weighted by Gasteiger charge is 2.18. The summed E-state index contributed by atoms with van der Waals surface area (Å²) in [5.74, 6) is 1.25. The van der Waals surface area contributed by atoms with Gasteiger partial charge in [-0.3, -0.25) is 4.68 Å². The van der Waals surface area contributed by atoms with E-state index in [1.807, 2.05) is 11.7 Å². The van der Waals surface area contributed by atoms with E-state index in [1.165, 1.54) is 30.6 Å². The first kappa shape index (κ1) is 17.0. The molecule has 0 radical (unpaired) electrons. The summed E-state index contributed by atoms with van der Waals surface area (Å²) in [4.78, 5) is 2.34. The highest BCUT2D eigenvalue weighted by molar-refractivity contribution is 5.49. The van der Waals surface area contributed by atoms with Gasteiger partial charge in [-0.25, -0.2) is 0 Å². The molecule has 1 N–H and O–H groups in total. The van der Waals surface area contributed by atoms with Crippen LogP contribution in [0.25, 0.3) is 0 Å². The minimum Gasteiger partial charge on any atom is -0.360 e. The van der Waals surface area contributed by atoms with Crippen molar-refractivity contribution >= 4 is 5.82 Å². The number of rotatable bonds is 7. The van der Waals surface area contributed by atoms with Crippen molar-refractivity contribution in [1.29, 1.82) is 0 Å². The maximum Gasteiger partial charge on any atom is 0.131 e. The number of hydrogen-bond acceptors (Lipinski definition) is 3. The number of aromatic nitrogens is 2. The predicted molar refractivity (Wildman–Crippen MR) is 87.3 cm³/mol. The molecule has 1 aromatic rings. The monoisotopic (exact) mass is 280 g/mol. The van der Waals surface area contributed by atoms with Gasteiger partial charge in [0.05, 0.1) is 5.69 Å². The van der Waals surface area contributed by atoms with E-state index in [9.17, 15) is 0 Å². The molecule has 20 heavy (non-hydrogen) atoms. The predicted octanol–water partition coefficient (Wildman–Crippen LogP) is 3.24. The van der Waals surface area contributed by atoms with Crippen LogP contribution in [0, 0.1) is 6.92 Å². The lowest BCUT2D eigenvalue weighted by Crippen LogP contribution is -2.35. The number of aryl methyl sites for hydroxylation is 2. The lowest BCUT2D eigenvalue weighted by atomic mass is 10.1. The maximum absolute atomic E-state index is 4.60. The molecule has 116 valence electrons. The molecular formula is C16H32N4. The van der Waals surface area contributed by atoms with Crippen LogP contribution in [0.15, 0.2) is 0 Å². The summed E-state index contributed by atoms with van der Waals surface area (Å²) in [7, 11) is 4.21. The van der Waals surface area contributed by atoms with E-state index in [0.717, 1.165) is 18.8 Å². The van der Waals surface area contributed by atoms with Gasteiger partial charge in [0.15, 0.2) is 0 Å². The van der Waals surface area contributed by atoms with Crippen LogP contribution in [0.3, 0.4) is 0 Å². The molecule has 0 spiro atoms. The third-order valence-electron chi connectivity index (χ3n) is 3.57. The molecule has 1 rings (SSSR count). The maximum atomic E-state index is 4.60. The molecule has 0 aliphatic carbocycles. The Morgan fingerprint density at radius 2 is 1.90 bits per heavy atom.